The molecule has 0 bridgehead atoms. The van der Waals surface area contributed by atoms with E-state index in [2.05, 4.69) is 17.4 Å². The van der Waals surface area contributed by atoms with Crippen LogP contribution in [-0.2, 0) is 23.0 Å². The smallest absolute Gasteiger partial charge is 0.267 e. The van der Waals surface area contributed by atoms with Crippen molar-refractivity contribution in [2.24, 2.45) is 0 Å². The van der Waals surface area contributed by atoms with Gasteiger partial charge in [-0.1, -0.05) is 24.3 Å². The minimum Gasteiger partial charge on any atom is -0.311 e. The number of rotatable bonds is 5. The average Bonchev–Trinajstić information content (AvgIpc) is 2.34. The Morgan fingerprint density at radius 3 is 2.74 bits per heavy atom. The van der Waals surface area contributed by atoms with Crippen LogP contribution < -0.4 is 5.32 Å². The van der Waals surface area contributed by atoms with Crippen molar-refractivity contribution in [2.75, 3.05) is 12.3 Å². The standard InChI is InChI=1S/C13H18FNO3S/c14-12(9-19(16,17)18)8-15-13-6-5-10-3-1-2-4-11(10)7-13/h1-4,12-13,15H,5-9H2,(H,16,17,18)/t12-,13?/m1/s1. The fraction of sp³-hybridized carbons (Fsp3) is 0.538. The van der Waals surface area contributed by atoms with E-state index in [1.807, 2.05) is 12.1 Å². The van der Waals surface area contributed by atoms with E-state index in [0.29, 0.717) is 0 Å². The number of halogens is 1. The highest BCUT2D eigenvalue weighted by molar-refractivity contribution is 7.85. The Labute approximate surface area is 112 Å². The number of alkyl halides is 1. The maximum atomic E-state index is 13.3. The predicted octanol–water partition coefficient (Wildman–Crippen LogP) is 1.36. The third-order valence-electron chi connectivity index (χ3n) is 3.37. The van der Waals surface area contributed by atoms with Gasteiger partial charge >= 0.3 is 0 Å². The van der Waals surface area contributed by atoms with E-state index in [0.717, 1.165) is 19.3 Å². The van der Waals surface area contributed by atoms with Crippen LogP contribution in [0.1, 0.15) is 17.5 Å². The van der Waals surface area contributed by atoms with Gasteiger partial charge in [-0.3, -0.25) is 4.55 Å². The van der Waals surface area contributed by atoms with Gasteiger partial charge in [0, 0.05) is 12.6 Å². The molecule has 0 saturated heterocycles. The van der Waals surface area contributed by atoms with Gasteiger partial charge in [-0.2, -0.15) is 8.42 Å². The molecule has 0 spiro atoms. The number of hydrogen-bond acceptors (Lipinski definition) is 3. The third-order valence-corrected chi connectivity index (χ3v) is 4.15. The van der Waals surface area contributed by atoms with Crippen LogP contribution in [0.3, 0.4) is 0 Å². The van der Waals surface area contributed by atoms with E-state index in [-0.39, 0.29) is 12.6 Å². The van der Waals surface area contributed by atoms with E-state index in [1.54, 1.807) is 0 Å². The summed E-state index contributed by atoms with van der Waals surface area (Å²) in [5, 5.41) is 3.03. The Hall–Kier alpha value is -0.980. The Bertz CT molecular complexity index is 532. The minimum atomic E-state index is -4.24. The lowest BCUT2D eigenvalue weighted by Crippen LogP contribution is -2.39. The molecule has 0 aromatic heterocycles. The van der Waals surface area contributed by atoms with Crippen molar-refractivity contribution in [1.29, 1.82) is 0 Å². The van der Waals surface area contributed by atoms with Gasteiger partial charge in [0.25, 0.3) is 10.1 Å². The van der Waals surface area contributed by atoms with Gasteiger partial charge < -0.3 is 5.32 Å². The summed E-state index contributed by atoms with van der Waals surface area (Å²) >= 11 is 0. The van der Waals surface area contributed by atoms with Gasteiger partial charge in [-0.15, -0.1) is 0 Å². The summed E-state index contributed by atoms with van der Waals surface area (Å²) in [4.78, 5) is 0. The van der Waals surface area contributed by atoms with E-state index in [1.165, 1.54) is 11.1 Å². The number of benzene rings is 1. The molecule has 1 aliphatic rings. The molecule has 1 aromatic carbocycles. The van der Waals surface area contributed by atoms with Crippen molar-refractivity contribution >= 4 is 10.1 Å². The molecule has 0 aliphatic heterocycles. The zero-order valence-corrected chi connectivity index (χ0v) is 11.4. The molecule has 1 aliphatic carbocycles. The number of nitrogens with one attached hydrogen (secondary N) is 1. The van der Waals surface area contributed by atoms with Gasteiger partial charge in [0.15, 0.2) is 0 Å². The van der Waals surface area contributed by atoms with Gasteiger partial charge in [0.05, 0.1) is 0 Å². The first-order chi connectivity index (χ1) is 8.94. The molecule has 0 amide bonds. The Kier molecular flexibility index (Phi) is 4.54. The summed E-state index contributed by atoms with van der Waals surface area (Å²) in [7, 11) is -4.24. The van der Waals surface area contributed by atoms with Crippen molar-refractivity contribution in [3.05, 3.63) is 35.4 Å². The van der Waals surface area contributed by atoms with Crippen LogP contribution in [0.2, 0.25) is 0 Å². The van der Waals surface area contributed by atoms with Crippen LogP contribution in [0.4, 0.5) is 4.39 Å². The van der Waals surface area contributed by atoms with Crippen molar-refractivity contribution in [1.82, 2.24) is 5.32 Å². The minimum absolute atomic E-state index is 0.0490. The first-order valence-corrected chi connectivity index (χ1v) is 7.94. The number of fused-ring (bicyclic) bond motifs is 1. The summed E-state index contributed by atoms with van der Waals surface area (Å²) < 4.78 is 43.0. The van der Waals surface area contributed by atoms with Crippen LogP contribution in [0, 0.1) is 0 Å². The monoisotopic (exact) mass is 287 g/mol. The summed E-state index contributed by atoms with van der Waals surface area (Å²) in [5.41, 5.74) is 2.59. The normalized spacial score (nSPS) is 20.8. The zero-order chi connectivity index (χ0) is 13.9. The van der Waals surface area contributed by atoms with Gasteiger partial charge in [0.1, 0.15) is 11.9 Å². The average molecular weight is 287 g/mol. The lowest BCUT2D eigenvalue weighted by Gasteiger charge is -2.26. The first kappa shape index (κ1) is 14.4. The van der Waals surface area contributed by atoms with E-state index >= 15 is 0 Å². The van der Waals surface area contributed by atoms with Crippen LogP contribution >= 0.6 is 0 Å². The van der Waals surface area contributed by atoms with Crippen molar-refractivity contribution in [2.45, 2.75) is 31.5 Å². The second kappa shape index (κ2) is 5.98. The van der Waals surface area contributed by atoms with Gasteiger partial charge in [0.2, 0.25) is 0 Å². The lowest BCUT2D eigenvalue weighted by molar-refractivity contribution is 0.316. The Morgan fingerprint density at radius 2 is 2.05 bits per heavy atom. The molecule has 0 heterocycles. The molecule has 0 saturated carbocycles. The predicted molar refractivity (Wildman–Crippen MR) is 71.6 cm³/mol. The van der Waals surface area contributed by atoms with Crippen LogP contribution in [0.25, 0.3) is 0 Å². The highest BCUT2D eigenvalue weighted by atomic mass is 32.2. The van der Waals surface area contributed by atoms with Crippen molar-refractivity contribution in [3.63, 3.8) is 0 Å². The van der Waals surface area contributed by atoms with E-state index < -0.39 is 22.0 Å². The maximum Gasteiger partial charge on any atom is 0.267 e. The summed E-state index contributed by atoms with van der Waals surface area (Å²) in [6, 6.07) is 8.32. The summed E-state index contributed by atoms with van der Waals surface area (Å²) in [6.07, 6.45) is 1.11. The third kappa shape index (κ3) is 4.56. The van der Waals surface area contributed by atoms with Crippen LogP contribution in [0.15, 0.2) is 24.3 Å². The first-order valence-electron chi connectivity index (χ1n) is 6.33. The molecule has 6 heteroatoms. The molecule has 2 atom stereocenters. The molecule has 1 unspecified atom stereocenters. The zero-order valence-electron chi connectivity index (χ0n) is 10.5. The Morgan fingerprint density at radius 1 is 1.37 bits per heavy atom. The molecule has 2 N–H and O–H groups in total. The SMILES string of the molecule is O=S(=O)(O)C[C@H](F)CNC1CCc2ccccc2C1. The number of hydrogen-bond donors (Lipinski definition) is 2. The number of aryl methyl sites for hydroxylation is 1. The van der Waals surface area contributed by atoms with E-state index in [4.69, 9.17) is 4.55 Å². The molecule has 0 fully saturated rings. The highest BCUT2D eigenvalue weighted by Gasteiger charge is 2.21. The van der Waals surface area contributed by atoms with Gasteiger partial charge in [-0.25, -0.2) is 4.39 Å². The van der Waals surface area contributed by atoms with Crippen molar-refractivity contribution in [3.8, 4) is 0 Å². The van der Waals surface area contributed by atoms with Crippen molar-refractivity contribution < 1.29 is 17.4 Å². The second-order valence-electron chi connectivity index (χ2n) is 4.96. The molecule has 4 nitrogen and oxygen atoms in total. The van der Waals surface area contributed by atoms with E-state index in [9.17, 15) is 12.8 Å². The molecular formula is C13H18FNO3S. The summed E-state index contributed by atoms with van der Waals surface area (Å²) in [5.74, 6) is -0.844. The highest BCUT2D eigenvalue weighted by Crippen LogP contribution is 2.20. The molecule has 2 rings (SSSR count). The van der Waals surface area contributed by atoms with Crippen LogP contribution in [0.5, 0.6) is 0 Å². The quantitative estimate of drug-likeness (QED) is 0.803. The fourth-order valence-corrected chi connectivity index (χ4v) is 3.03. The largest absolute Gasteiger partial charge is 0.311 e. The molecule has 1 aromatic rings. The lowest BCUT2D eigenvalue weighted by atomic mass is 9.88. The van der Waals surface area contributed by atoms with Crippen LogP contribution in [-0.4, -0.2) is 37.5 Å². The fourth-order valence-electron chi connectivity index (χ4n) is 2.45. The molecule has 106 valence electrons. The topological polar surface area (TPSA) is 66.4 Å². The second-order valence-corrected chi connectivity index (χ2v) is 6.46. The Balaban J connectivity index is 1.83. The summed E-state index contributed by atoms with van der Waals surface area (Å²) in [6.45, 7) is -0.0490. The van der Waals surface area contributed by atoms with Gasteiger partial charge in [-0.05, 0) is 30.4 Å². The maximum absolute atomic E-state index is 13.3. The molecular weight excluding hydrogens is 269 g/mol. The molecule has 0 radical (unpaired) electrons. The molecule has 19 heavy (non-hydrogen) atoms.